The normalized spacial score (nSPS) is 10.2. The van der Waals surface area contributed by atoms with Crippen molar-refractivity contribution in [3.63, 3.8) is 0 Å². The highest BCUT2D eigenvalue weighted by atomic mass is 19.1. The Morgan fingerprint density at radius 1 is 1.29 bits per heavy atom. The minimum absolute atomic E-state index is 0.112. The van der Waals surface area contributed by atoms with Gasteiger partial charge in [-0.3, -0.25) is 9.59 Å². The van der Waals surface area contributed by atoms with Crippen LogP contribution in [0.1, 0.15) is 46.9 Å². The number of Topliss-reactive ketones (excluding diaryl/α,β-unsaturated/α-hetero) is 1. The first kappa shape index (κ1) is 13.2. The van der Waals surface area contributed by atoms with Crippen molar-refractivity contribution in [1.82, 2.24) is 0 Å². The number of primary amides is 1. The molecule has 0 fully saturated rings. The largest absolute Gasteiger partial charge is 0.396 e. The van der Waals surface area contributed by atoms with Gasteiger partial charge in [-0.25, -0.2) is 4.39 Å². The van der Waals surface area contributed by atoms with Crippen LogP contribution in [0.5, 0.6) is 0 Å². The second-order valence-electron chi connectivity index (χ2n) is 3.78. The highest BCUT2D eigenvalue weighted by molar-refractivity contribution is 6.03. The molecule has 0 spiro atoms. The minimum Gasteiger partial charge on any atom is -0.396 e. The summed E-state index contributed by atoms with van der Waals surface area (Å²) >= 11 is 0. The molecule has 0 saturated carbocycles. The van der Waals surface area contributed by atoms with Crippen molar-refractivity contribution in [2.75, 3.05) is 5.73 Å². The number of benzene rings is 1. The van der Waals surface area contributed by atoms with Gasteiger partial charge in [0.25, 0.3) is 5.91 Å². The van der Waals surface area contributed by atoms with E-state index in [1.807, 2.05) is 6.92 Å². The van der Waals surface area contributed by atoms with Crippen LogP contribution in [0.25, 0.3) is 0 Å². The van der Waals surface area contributed by atoms with Gasteiger partial charge in [-0.1, -0.05) is 13.3 Å². The SMILES string of the molecule is CCCCC(=O)c1ccc(C(N)=O)c(F)c1N. The number of hydrogen-bond donors (Lipinski definition) is 2. The summed E-state index contributed by atoms with van der Waals surface area (Å²) in [5, 5.41) is 0. The number of nitrogen functional groups attached to an aromatic ring is 1. The Kier molecular flexibility index (Phi) is 4.20. The third-order valence-corrected chi connectivity index (χ3v) is 2.50. The molecule has 0 aliphatic carbocycles. The van der Waals surface area contributed by atoms with E-state index < -0.39 is 11.7 Å². The van der Waals surface area contributed by atoms with Crippen molar-refractivity contribution in [2.45, 2.75) is 26.2 Å². The van der Waals surface area contributed by atoms with Crippen LogP contribution in [0.2, 0.25) is 0 Å². The van der Waals surface area contributed by atoms with E-state index in [4.69, 9.17) is 11.5 Å². The van der Waals surface area contributed by atoms with Crippen molar-refractivity contribution >= 4 is 17.4 Å². The Bertz CT molecular complexity index is 458. The molecule has 1 aromatic rings. The first-order valence-electron chi connectivity index (χ1n) is 5.40. The van der Waals surface area contributed by atoms with E-state index in [9.17, 15) is 14.0 Å². The molecule has 0 aliphatic rings. The van der Waals surface area contributed by atoms with Gasteiger partial charge in [0.1, 0.15) is 0 Å². The van der Waals surface area contributed by atoms with E-state index in [-0.39, 0.29) is 22.6 Å². The topological polar surface area (TPSA) is 86.2 Å². The fraction of sp³-hybridized carbons (Fsp3) is 0.333. The van der Waals surface area contributed by atoms with Crippen LogP contribution in [0, 0.1) is 5.82 Å². The Morgan fingerprint density at radius 2 is 1.88 bits per heavy atom. The van der Waals surface area contributed by atoms with E-state index in [1.165, 1.54) is 12.1 Å². The molecule has 0 aliphatic heterocycles. The molecular formula is C12H15FN2O2. The summed E-state index contributed by atoms with van der Waals surface area (Å²) in [5.41, 5.74) is 9.97. The zero-order chi connectivity index (χ0) is 13.0. The third-order valence-electron chi connectivity index (χ3n) is 2.50. The van der Waals surface area contributed by atoms with Crippen LogP contribution in [0.4, 0.5) is 10.1 Å². The summed E-state index contributed by atoms with van der Waals surface area (Å²) in [6.45, 7) is 1.95. The molecule has 92 valence electrons. The first-order chi connectivity index (χ1) is 7.99. The van der Waals surface area contributed by atoms with Gasteiger partial charge in [-0.15, -0.1) is 0 Å². The van der Waals surface area contributed by atoms with Crippen molar-refractivity contribution in [3.8, 4) is 0 Å². The molecule has 0 saturated heterocycles. The van der Waals surface area contributed by atoms with Crippen LogP contribution in [0.15, 0.2) is 12.1 Å². The van der Waals surface area contributed by atoms with E-state index in [0.717, 1.165) is 12.8 Å². The standard InChI is InChI=1S/C12H15FN2O2/c1-2-3-4-9(16)7-5-6-8(12(15)17)10(13)11(7)14/h5-6H,2-4,14H2,1H3,(H2,15,17). The molecule has 4 N–H and O–H groups in total. The average molecular weight is 238 g/mol. The monoisotopic (exact) mass is 238 g/mol. The van der Waals surface area contributed by atoms with Gasteiger partial charge in [-0.2, -0.15) is 0 Å². The van der Waals surface area contributed by atoms with Gasteiger partial charge >= 0.3 is 0 Å². The van der Waals surface area contributed by atoms with Gasteiger partial charge in [0, 0.05) is 12.0 Å². The highest BCUT2D eigenvalue weighted by Gasteiger charge is 2.17. The van der Waals surface area contributed by atoms with Crippen molar-refractivity contribution in [3.05, 3.63) is 29.1 Å². The Morgan fingerprint density at radius 3 is 2.41 bits per heavy atom. The number of nitrogens with two attached hydrogens (primary N) is 2. The maximum Gasteiger partial charge on any atom is 0.251 e. The molecule has 0 bridgehead atoms. The van der Waals surface area contributed by atoms with Crippen molar-refractivity contribution in [2.24, 2.45) is 5.73 Å². The van der Waals surface area contributed by atoms with Gasteiger partial charge in [0.05, 0.1) is 11.3 Å². The molecule has 0 unspecified atom stereocenters. The van der Waals surface area contributed by atoms with E-state index >= 15 is 0 Å². The fourth-order valence-corrected chi connectivity index (χ4v) is 1.50. The summed E-state index contributed by atoms with van der Waals surface area (Å²) in [4.78, 5) is 22.6. The predicted molar refractivity (Wildman–Crippen MR) is 63.2 cm³/mol. The number of hydrogen-bond acceptors (Lipinski definition) is 3. The van der Waals surface area contributed by atoms with Crippen LogP contribution in [0.3, 0.4) is 0 Å². The van der Waals surface area contributed by atoms with E-state index in [1.54, 1.807) is 0 Å². The average Bonchev–Trinajstić information content (AvgIpc) is 2.29. The van der Waals surface area contributed by atoms with Crippen LogP contribution in [-0.4, -0.2) is 11.7 Å². The molecule has 1 amide bonds. The Labute approximate surface area is 98.8 Å². The summed E-state index contributed by atoms with van der Waals surface area (Å²) in [6, 6.07) is 2.53. The highest BCUT2D eigenvalue weighted by Crippen LogP contribution is 2.22. The lowest BCUT2D eigenvalue weighted by Gasteiger charge is -2.07. The fourth-order valence-electron chi connectivity index (χ4n) is 1.50. The van der Waals surface area contributed by atoms with E-state index in [0.29, 0.717) is 6.42 Å². The van der Waals surface area contributed by atoms with Crippen LogP contribution < -0.4 is 11.5 Å². The quantitative estimate of drug-likeness (QED) is 0.606. The van der Waals surface area contributed by atoms with Gasteiger partial charge in [0.2, 0.25) is 0 Å². The lowest BCUT2D eigenvalue weighted by molar-refractivity contribution is 0.0973. The summed E-state index contributed by atoms with van der Waals surface area (Å²) < 4.78 is 13.6. The lowest BCUT2D eigenvalue weighted by Crippen LogP contribution is -2.16. The molecule has 1 rings (SSSR count). The number of ketones is 1. The molecule has 0 radical (unpaired) electrons. The van der Waals surface area contributed by atoms with Crippen LogP contribution in [-0.2, 0) is 0 Å². The third kappa shape index (κ3) is 2.81. The summed E-state index contributed by atoms with van der Waals surface area (Å²) in [6.07, 6.45) is 1.90. The molecule has 0 aromatic heterocycles. The van der Waals surface area contributed by atoms with Crippen LogP contribution >= 0.6 is 0 Å². The molecule has 0 atom stereocenters. The second-order valence-corrected chi connectivity index (χ2v) is 3.78. The zero-order valence-electron chi connectivity index (χ0n) is 9.63. The maximum atomic E-state index is 13.6. The van der Waals surface area contributed by atoms with E-state index in [2.05, 4.69) is 0 Å². The number of carbonyl (C=O) groups is 2. The van der Waals surface area contributed by atoms with Crippen molar-refractivity contribution < 1.29 is 14.0 Å². The van der Waals surface area contributed by atoms with Crippen molar-refractivity contribution in [1.29, 1.82) is 0 Å². The zero-order valence-corrected chi connectivity index (χ0v) is 9.63. The molecular weight excluding hydrogens is 223 g/mol. The number of unbranched alkanes of at least 4 members (excludes halogenated alkanes) is 1. The molecule has 17 heavy (non-hydrogen) atoms. The van der Waals surface area contributed by atoms with Gasteiger partial charge < -0.3 is 11.5 Å². The number of amides is 1. The maximum absolute atomic E-state index is 13.6. The summed E-state index contributed by atoms with van der Waals surface area (Å²) in [7, 11) is 0. The lowest BCUT2D eigenvalue weighted by atomic mass is 10.0. The Balaban J connectivity index is 3.08. The number of halogens is 1. The molecule has 0 heterocycles. The minimum atomic E-state index is -0.917. The van der Waals surface area contributed by atoms with Gasteiger partial charge in [0.15, 0.2) is 11.6 Å². The molecule has 1 aromatic carbocycles. The number of anilines is 1. The smallest absolute Gasteiger partial charge is 0.251 e. The predicted octanol–water partition coefficient (Wildman–Crippen LogP) is 1.88. The molecule has 5 heteroatoms. The number of carbonyl (C=O) groups excluding carboxylic acids is 2. The number of rotatable bonds is 5. The Hall–Kier alpha value is -1.91. The molecule has 4 nitrogen and oxygen atoms in total. The van der Waals surface area contributed by atoms with Gasteiger partial charge in [-0.05, 0) is 18.6 Å². The second kappa shape index (κ2) is 5.43. The summed E-state index contributed by atoms with van der Waals surface area (Å²) in [5.74, 6) is -2.04. The first-order valence-corrected chi connectivity index (χ1v) is 5.40.